The third kappa shape index (κ3) is 2.27. The molecule has 0 saturated heterocycles. The Morgan fingerprint density at radius 3 is 2.75 bits per heavy atom. The summed E-state index contributed by atoms with van der Waals surface area (Å²) in [5.41, 5.74) is 7.12. The summed E-state index contributed by atoms with van der Waals surface area (Å²) in [6.45, 7) is 4.41. The number of pyridine rings is 1. The molecular formula is C13H15ClN2. The fourth-order valence-electron chi connectivity index (χ4n) is 1.90. The van der Waals surface area contributed by atoms with Crippen LogP contribution in [0.15, 0.2) is 24.3 Å². The van der Waals surface area contributed by atoms with Crippen LogP contribution in [0, 0.1) is 5.92 Å². The highest BCUT2D eigenvalue weighted by Crippen LogP contribution is 2.24. The van der Waals surface area contributed by atoms with Crippen molar-refractivity contribution in [3.8, 4) is 0 Å². The van der Waals surface area contributed by atoms with Gasteiger partial charge in [-0.2, -0.15) is 0 Å². The van der Waals surface area contributed by atoms with Gasteiger partial charge >= 0.3 is 0 Å². The number of hydrogen-bond acceptors (Lipinski definition) is 2. The van der Waals surface area contributed by atoms with Crippen molar-refractivity contribution >= 4 is 28.2 Å². The van der Waals surface area contributed by atoms with E-state index in [9.17, 15) is 0 Å². The molecule has 0 spiro atoms. The van der Waals surface area contributed by atoms with Crippen LogP contribution < -0.4 is 5.73 Å². The second-order valence-electron chi connectivity index (χ2n) is 4.48. The smallest absolute Gasteiger partial charge is 0.133 e. The van der Waals surface area contributed by atoms with E-state index < -0.39 is 0 Å². The average molecular weight is 235 g/mol. The molecule has 2 aromatic rings. The molecule has 84 valence electrons. The largest absolute Gasteiger partial charge is 0.383 e. The molecular weight excluding hydrogens is 220 g/mol. The number of aromatic nitrogens is 1. The molecule has 2 rings (SSSR count). The molecule has 0 aliphatic rings. The average Bonchev–Trinajstić information content (AvgIpc) is 2.15. The first-order valence-electron chi connectivity index (χ1n) is 5.41. The normalized spacial score (nSPS) is 11.2. The lowest BCUT2D eigenvalue weighted by molar-refractivity contribution is 0.648. The van der Waals surface area contributed by atoms with Crippen molar-refractivity contribution in [2.45, 2.75) is 20.3 Å². The molecule has 3 heteroatoms. The van der Waals surface area contributed by atoms with Crippen molar-refractivity contribution in [3.63, 3.8) is 0 Å². The highest BCUT2D eigenvalue weighted by atomic mass is 35.5. The van der Waals surface area contributed by atoms with Crippen molar-refractivity contribution in [2.24, 2.45) is 5.92 Å². The van der Waals surface area contributed by atoms with Gasteiger partial charge in [0.1, 0.15) is 11.0 Å². The zero-order chi connectivity index (χ0) is 11.7. The van der Waals surface area contributed by atoms with Gasteiger partial charge in [-0.1, -0.05) is 43.6 Å². The Bertz CT molecular complexity index is 521. The van der Waals surface area contributed by atoms with Crippen LogP contribution in [0.5, 0.6) is 0 Å². The van der Waals surface area contributed by atoms with Gasteiger partial charge in [0.15, 0.2) is 0 Å². The summed E-state index contributed by atoms with van der Waals surface area (Å²) >= 11 is 5.89. The molecule has 0 fully saturated rings. The molecule has 0 saturated carbocycles. The van der Waals surface area contributed by atoms with Crippen molar-refractivity contribution in [1.29, 1.82) is 0 Å². The topological polar surface area (TPSA) is 38.9 Å². The Morgan fingerprint density at radius 1 is 1.31 bits per heavy atom. The Morgan fingerprint density at radius 2 is 2.06 bits per heavy atom. The van der Waals surface area contributed by atoms with Crippen LogP contribution in [0.4, 0.5) is 5.82 Å². The van der Waals surface area contributed by atoms with Gasteiger partial charge in [0.25, 0.3) is 0 Å². The third-order valence-corrected chi connectivity index (χ3v) is 2.73. The number of nitrogens with two attached hydrogens (primary N) is 1. The molecule has 1 heterocycles. The van der Waals surface area contributed by atoms with E-state index in [0.29, 0.717) is 16.9 Å². The Labute approximate surface area is 100 Å². The Hall–Kier alpha value is -1.28. The SMILES string of the molecule is CC(C)Cc1ccc2c(N)nc(Cl)cc2c1. The van der Waals surface area contributed by atoms with E-state index in [4.69, 9.17) is 17.3 Å². The quantitative estimate of drug-likeness (QED) is 0.806. The monoisotopic (exact) mass is 234 g/mol. The molecule has 0 aliphatic carbocycles. The first kappa shape index (κ1) is 11.2. The van der Waals surface area contributed by atoms with E-state index in [0.717, 1.165) is 17.2 Å². The molecule has 0 bridgehead atoms. The molecule has 0 amide bonds. The number of fused-ring (bicyclic) bond motifs is 1. The van der Waals surface area contributed by atoms with E-state index >= 15 is 0 Å². The van der Waals surface area contributed by atoms with Gasteiger partial charge in [-0.05, 0) is 29.4 Å². The lowest BCUT2D eigenvalue weighted by atomic mass is 10.0. The number of anilines is 1. The lowest BCUT2D eigenvalue weighted by Gasteiger charge is -2.07. The summed E-state index contributed by atoms with van der Waals surface area (Å²) in [6, 6.07) is 8.12. The van der Waals surface area contributed by atoms with Crippen LogP contribution in [-0.4, -0.2) is 4.98 Å². The van der Waals surface area contributed by atoms with Crippen LogP contribution in [0.25, 0.3) is 10.8 Å². The van der Waals surface area contributed by atoms with Crippen molar-refractivity contribution < 1.29 is 0 Å². The second kappa shape index (κ2) is 4.30. The van der Waals surface area contributed by atoms with E-state index in [2.05, 4.69) is 31.0 Å². The molecule has 1 aromatic heterocycles. The number of nitrogens with zero attached hydrogens (tertiary/aromatic N) is 1. The minimum atomic E-state index is 0.451. The van der Waals surface area contributed by atoms with Crippen molar-refractivity contribution in [2.75, 3.05) is 5.73 Å². The van der Waals surface area contributed by atoms with Crippen LogP contribution in [0.1, 0.15) is 19.4 Å². The first-order chi connectivity index (χ1) is 7.56. The van der Waals surface area contributed by atoms with Crippen LogP contribution in [0.2, 0.25) is 5.15 Å². The summed E-state index contributed by atoms with van der Waals surface area (Å²) < 4.78 is 0. The molecule has 0 atom stereocenters. The zero-order valence-electron chi connectivity index (χ0n) is 9.50. The summed E-state index contributed by atoms with van der Waals surface area (Å²) in [4.78, 5) is 4.04. The predicted molar refractivity (Wildman–Crippen MR) is 69.7 cm³/mol. The summed E-state index contributed by atoms with van der Waals surface area (Å²) in [5, 5.41) is 2.49. The molecule has 0 aliphatic heterocycles. The molecule has 0 unspecified atom stereocenters. The van der Waals surface area contributed by atoms with Crippen molar-refractivity contribution in [3.05, 3.63) is 35.0 Å². The highest BCUT2D eigenvalue weighted by Gasteiger charge is 2.04. The van der Waals surface area contributed by atoms with Crippen LogP contribution in [0.3, 0.4) is 0 Å². The van der Waals surface area contributed by atoms with E-state index in [1.165, 1.54) is 5.56 Å². The zero-order valence-corrected chi connectivity index (χ0v) is 10.3. The maximum Gasteiger partial charge on any atom is 0.133 e. The standard InChI is InChI=1S/C13H15ClN2/c1-8(2)5-9-3-4-11-10(6-9)7-12(14)16-13(11)15/h3-4,6-8H,5H2,1-2H3,(H2,15,16). The lowest BCUT2D eigenvalue weighted by Crippen LogP contribution is -1.96. The predicted octanol–water partition coefficient (Wildman–Crippen LogP) is 3.67. The van der Waals surface area contributed by atoms with E-state index in [1.54, 1.807) is 0 Å². The number of hydrogen-bond donors (Lipinski definition) is 1. The van der Waals surface area contributed by atoms with Gasteiger partial charge < -0.3 is 5.73 Å². The van der Waals surface area contributed by atoms with Gasteiger partial charge in [-0.15, -0.1) is 0 Å². The molecule has 0 radical (unpaired) electrons. The van der Waals surface area contributed by atoms with Gasteiger partial charge in [-0.3, -0.25) is 0 Å². The number of halogens is 1. The fourth-order valence-corrected chi connectivity index (χ4v) is 2.11. The minimum Gasteiger partial charge on any atom is -0.383 e. The second-order valence-corrected chi connectivity index (χ2v) is 4.87. The van der Waals surface area contributed by atoms with E-state index in [1.807, 2.05) is 12.1 Å². The number of rotatable bonds is 2. The Balaban J connectivity index is 2.53. The molecule has 16 heavy (non-hydrogen) atoms. The highest BCUT2D eigenvalue weighted by molar-refractivity contribution is 6.30. The fraction of sp³-hybridized carbons (Fsp3) is 0.308. The van der Waals surface area contributed by atoms with Gasteiger partial charge in [0, 0.05) is 5.39 Å². The van der Waals surface area contributed by atoms with Crippen LogP contribution >= 0.6 is 11.6 Å². The molecule has 1 aromatic carbocycles. The van der Waals surface area contributed by atoms with Gasteiger partial charge in [0.05, 0.1) is 0 Å². The molecule has 2 N–H and O–H groups in total. The number of nitrogen functional groups attached to an aromatic ring is 1. The first-order valence-corrected chi connectivity index (χ1v) is 5.78. The summed E-state index contributed by atoms with van der Waals surface area (Å²) in [6.07, 6.45) is 1.07. The van der Waals surface area contributed by atoms with Crippen LogP contribution in [-0.2, 0) is 6.42 Å². The summed E-state index contributed by atoms with van der Waals surface area (Å²) in [5.74, 6) is 1.14. The summed E-state index contributed by atoms with van der Waals surface area (Å²) in [7, 11) is 0. The van der Waals surface area contributed by atoms with Crippen molar-refractivity contribution in [1.82, 2.24) is 4.98 Å². The van der Waals surface area contributed by atoms with Gasteiger partial charge in [-0.25, -0.2) is 4.98 Å². The number of benzene rings is 1. The minimum absolute atomic E-state index is 0.451. The van der Waals surface area contributed by atoms with E-state index in [-0.39, 0.29) is 0 Å². The maximum atomic E-state index is 5.89. The third-order valence-electron chi connectivity index (χ3n) is 2.54. The van der Waals surface area contributed by atoms with Gasteiger partial charge in [0.2, 0.25) is 0 Å². The molecule has 2 nitrogen and oxygen atoms in total. The Kier molecular flexibility index (Phi) is 3.01. The maximum absolute atomic E-state index is 5.89.